The molecule has 0 spiro atoms. The lowest BCUT2D eigenvalue weighted by atomic mass is 10.2. The molecule has 1 unspecified atom stereocenters. The minimum atomic E-state index is -2.88. The summed E-state index contributed by atoms with van der Waals surface area (Å²) in [4.78, 5) is 0. The molecule has 0 aromatic carbocycles. The predicted octanol–water partition coefficient (Wildman–Crippen LogP) is 0.975. The quantitative estimate of drug-likeness (QED) is 0.798. The van der Waals surface area contributed by atoms with Crippen molar-refractivity contribution < 1.29 is 12.8 Å². The van der Waals surface area contributed by atoms with Gasteiger partial charge in [-0.3, -0.25) is 0 Å². The van der Waals surface area contributed by atoms with Crippen LogP contribution in [-0.4, -0.2) is 27.0 Å². The van der Waals surface area contributed by atoms with Gasteiger partial charge in [-0.2, -0.15) is 0 Å². The summed E-state index contributed by atoms with van der Waals surface area (Å²) >= 11 is 0. The van der Waals surface area contributed by atoms with Crippen molar-refractivity contribution >= 4 is 9.84 Å². The van der Waals surface area contributed by atoms with Gasteiger partial charge in [-0.25, -0.2) is 8.42 Å². The zero-order valence-electron chi connectivity index (χ0n) is 8.36. The third kappa shape index (κ3) is 3.93. The van der Waals surface area contributed by atoms with Gasteiger partial charge in [-0.15, -0.1) is 0 Å². The third-order valence-electron chi connectivity index (χ3n) is 1.89. The predicted molar refractivity (Wildman–Crippen MR) is 54.8 cm³/mol. The Labute approximate surface area is 84.2 Å². The molecule has 1 rings (SSSR count). The second-order valence-corrected chi connectivity index (χ2v) is 5.58. The normalized spacial score (nSPS) is 14.1. The van der Waals surface area contributed by atoms with Crippen molar-refractivity contribution in [3.8, 4) is 0 Å². The van der Waals surface area contributed by atoms with Gasteiger partial charge in [0.05, 0.1) is 18.1 Å². The van der Waals surface area contributed by atoms with Gasteiger partial charge in [0, 0.05) is 12.8 Å². The number of furan rings is 1. The lowest BCUT2D eigenvalue weighted by Gasteiger charge is -2.09. The van der Waals surface area contributed by atoms with Gasteiger partial charge >= 0.3 is 0 Å². The first kappa shape index (κ1) is 11.3. The summed E-state index contributed by atoms with van der Waals surface area (Å²) in [6, 6.07) is 3.72. The highest BCUT2D eigenvalue weighted by atomic mass is 32.2. The molecule has 0 fully saturated rings. The average molecular weight is 217 g/mol. The van der Waals surface area contributed by atoms with Gasteiger partial charge < -0.3 is 9.73 Å². The fourth-order valence-corrected chi connectivity index (χ4v) is 1.59. The first-order valence-electron chi connectivity index (χ1n) is 4.43. The van der Waals surface area contributed by atoms with E-state index in [2.05, 4.69) is 5.32 Å². The first-order valence-corrected chi connectivity index (χ1v) is 6.49. The van der Waals surface area contributed by atoms with Crippen LogP contribution >= 0.6 is 0 Å². The Balaban J connectivity index is 2.33. The van der Waals surface area contributed by atoms with Crippen LogP contribution in [0.4, 0.5) is 0 Å². The number of rotatable bonds is 5. The molecule has 0 amide bonds. The second kappa shape index (κ2) is 4.61. The highest BCUT2D eigenvalue weighted by Crippen LogP contribution is 2.11. The molecule has 1 atom stereocenters. The Morgan fingerprint density at radius 2 is 2.29 bits per heavy atom. The number of hydrogen-bond donors (Lipinski definition) is 1. The molecule has 0 aliphatic rings. The molecule has 0 aliphatic heterocycles. The van der Waals surface area contributed by atoms with Crippen LogP contribution in [0.2, 0.25) is 0 Å². The molecule has 1 aromatic rings. The molecule has 1 aromatic heterocycles. The van der Waals surface area contributed by atoms with E-state index in [4.69, 9.17) is 4.42 Å². The highest BCUT2D eigenvalue weighted by molar-refractivity contribution is 7.90. The monoisotopic (exact) mass is 217 g/mol. The van der Waals surface area contributed by atoms with Gasteiger partial charge in [0.25, 0.3) is 0 Å². The van der Waals surface area contributed by atoms with E-state index in [9.17, 15) is 8.42 Å². The lowest BCUT2D eigenvalue weighted by molar-refractivity contribution is 0.437. The van der Waals surface area contributed by atoms with E-state index in [-0.39, 0.29) is 11.8 Å². The summed E-state index contributed by atoms with van der Waals surface area (Å²) in [5.41, 5.74) is 0. The van der Waals surface area contributed by atoms with Crippen molar-refractivity contribution in [2.45, 2.75) is 13.0 Å². The molecule has 1 N–H and O–H groups in total. The summed E-state index contributed by atoms with van der Waals surface area (Å²) < 4.78 is 26.8. The van der Waals surface area contributed by atoms with E-state index in [1.54, 1.807) is 6.26 Å². The Kier molecular flexibility index (Phi) is 3.71. The molecular weight excluding hydrogens is 202 g/mol. The molecule has 0 aliphatic carbocycles. The Bertz CT molecular complexity index is 355. The van der Waals surface area contributed by atoms with E-state index in [1.807, 2.05) is 19.1 Å². The molecule has 4 nitrogen and oxygen atoms in total. The van der Waals surface area contributed by atoms with Crippen molar-refractivity contribution in [3.63, 3.8) is 0 Å². The summed E-state index contributed by atoms with van der Waals surface area (Å²) in [6.45, 7) is 2.38. The van der Waals surface area contributed by atoms with E-state index < -0.39 is 9.84 Å². The molecule has 0 saturated carbocycles. The molecule has 0 bridgehead atoms. The number of hydrogen-bond acceptors (Lipinski definition) is 4. The molecule has 80 valence electrons. The molecule has 5 heteroatoms. The zero-order valence-corrected chi connectivity index (χ0v) is 9.17. The molecular formula is C9H15NO3S. The highest BCUT2D eigenvalue weighted by Gasteiger charge is 2.08. The SMILES string of the molecule is CC(NCCS(C)(=O)=O)c1ccco1. The van der Waals surface area contributed by atoms with Crippen molar-refractivity contribution in [1.29, 1.82) is 0 Å². The smallest absolute Gasteiger partial charge is 0.148 e. The van der Waals surface area contributed by atoms with Crippen molar-refractivity contribution in [2.24, 2.45) is 0 Å². The largest absolute Gasteiger partial charge is 0.468 e. The van der Waals surface area contributed by atoms with E-state index in [1.165, 1.54) is 6.26 Å². The van der Waals surface area contributed by atoms with Crippen molar-refractivity contribution in [1.82, 2.24) is 5.32 Å². The summed E-state index contributed by atoms with van der Waals surface area (Å²) in [6.07, 6.45) is 2.83. The molecule has 1 heterocycles. The first-order chi connectivity index (χ1) is 6.49. The Morgan fingerprint density at radius 3 is 2.79 bits per heavy atom. The molecule has 14 heavy (non-hydrogen) atoms. The Hall–Kier alpha value is -0.810. The summed E-state index contributed by atoms with van der Waals surface area (Å²) in [5, 5.41) is 3.07. The van der Waals surface area contributed by atoms with Crippen LogP contribution in [-0.2, 0) is 9.84 Å². The van der Waals surface area contributed by atoms with Crippen LogP contribution in [0.3, 0.4) is 0 Å². The van der Waals surface area contributed by atoms with Crippen LogP contribution in [0, 0.1) is 0 Å². The van der Waals surface area contributed by atoms with Crippen molar-refractivity contribution in [2.75, 3.05) is 18.6 Å². The van der Waals surface area contributed by atoms with Gasteiger partial charge in [0.15, 0.2) is 0 Å². The van der Waals surface area contributed by atoms with Crippen LogP contribution in [0.1, 0.15) is 18.7 Å². The van der Waals surface area contributed by atoms with Crippen LogP contribution in [0.15, 0.2) is 22.8 Å². The minimum absolute atomic E-state index is 0.0479. The zero-order chi connectivity index (χ0) is 10.6. The van der Waals surface area contributed by atoms with Gasteiger partial charge in [-0.05, 0) is 19.1 Å². The average Bonchev–Trinajstić information content (AvgIpc) is 2.53. The fraction of sp³-hybridized carbons (Fsp3) is 0.556. The standard InChI is InChI=1S/C9H15NO3S/c1-8(9-4-3-6-13-9)10-5-7-14(2,11)12/h3-4,6,8,10H,5,7H2,1-2H3. The molecule has 0 saturated heterocycles. The Morgan fingerprint density at radius 1 is 1.57 bits per heavy atom. The van der Waals surface area contributed by atoms with Crippen LogP contribution < -0.4 is 5.32 Å². The second-order valence-electron chi connectivity index (χ2n) is 3.32. The number of nitrogens with one attached hydrogen (secondary N) is 1. The maximum atomic E-state index is 10.8. The van der Waals surface area contributed by atoms with Crippen LogP contribution in [0.5, 0.6) is 0 Å². The van der Waals surface area contributed by atoms with Crippen LogP contribution in [0.25, 0.3) is 0 Å². The van der Waals surface area contributed by atoms with E-state index in [0.29, 0.717) is 6.54 Å². The third-order valence-corrected chi connectivity index (χ3v) is 2.84. The maximum Gasteiger partial charge on any atom is 0.148 e. The van der Waals surface area contributed by atoms with Crippen molar-refractivity contribution in [3.05, 3.63) is 24.2 Å². The van der Waals surface area contributed by atoms with E-state index in [0.717, 1.165) is 5.76 Å². The van der Waals surface area contributed by atoms with Gasteiger partial charge in [-0.1, -0.05) is 0 Å². The minimum Gasteiger partial charge on any atom is -0.468 e. The molecule has 0 radical (unpaired) electrons. The summed E-state index contributed by atoms with van der Waals surface area (Å²) in [7, 11) is -2.88. The number of sulfone groups is 1. The topological polar surface area (TPSA) is 59.3 Å². The van der Waals surface area contributed by atoms with Gasteiger partial charge in [0.1, 0.15) is 15.6 Å². The maximum absolute atomic E-state index is 10.8. The lowest BCUT2D eigenvalue weighted by Crippen LogP contribution is -2.24. The fourth-order valence-electron chi connectivity index (χ4n) is 1.10. The van der Waals surface area contributed by atoms with Gasteiger partial charge in [0.2, 0.25) is 0 Å². The summed E-state index contributed by atoms with van der Waals surface area (Å²) in [5.74, 6) is 0.969. The van der Waals surface area contributed by atoms with E-state index >= 15 is 0 Å².